The summed E-state index contributed by atoms with van der Waals surface area (Å²) in [6.45, 7) is 2.70. The molecule has 0 fully saturated rings. The summed E-state index contributed by atoms with van der Waals surface area (Å²) in [6.07, 6.45) is 2.97. The summed E-state index contributed by atoms with van der Waals surface area (Å²) in [5.41, 5.74) is 6.15. The maximum Gasteiger partial charge on any atom is 0.221 e. The molecular formula is C13H23N3O2. The lowest BCUT2D eigenvalue weighted by atomic mass is 10.0. The Morgan fingerprint density at radius 2 is 2.33 bits per heavy atom. The van der Waals surface area contributed by atoms with Crippen LogP contribution in [0, 0.1) is 0 Å². The number of likely N-dealkylation sites (N-methyl/N-ethyl adjacent to an activating group) is 1. The first kappa shape index (κ1) is 14.7. The van der Waals surface area contributed by atoms with Crippen LogP contribution in [0.3, 0.4) is 0 Å². The molecule has 3 N–H and O–H groups in total. The van der Waals surface area contributed by atoms with Crippen LogP contribution in [0.5, 0.6) is 0 Å². The number of nitrogens with one attached hydrogen (secondary N) is 1. The summed E-state index contributed by atoms with van der Waals surface area (Å²) in [5, 5.41) is 2.62. The van der Waals surface area contributed by atoms with Gasteiger partial charge in [-0.1, -0.05) is 6.92 Å². The van der Waals surface area contributed by atoms with Gasteiger partial charge in [-0.15, -0.1) is 0 Å². The van der Waals surface area contributed by atoms with Crippen LogP contribution in [0.15, 0.2) is 22.8 Å². The van der Waals surface area contributed by atoms with Crippen molar-refractivity contribution in [1.29, 1.82) is 0 Å². The lowest BCUT2D eigenvalue weighted by molar-refractivity contribution is -0.121. The highest BCUT2D eigenvalue weighted by atomic mass is 16.3. The SMILES string of the molecule is CCC(N)C(c1ccco1)N(C)CCC(=O)NC. The van der Waals surface area contributed by atoms with Crippen LogP contribution >= 0.6 is 0 Å². The van der Waals surface area contributed by atoms with E-state index < -0.39 is 0 Å². The Bertz CT molecular complexity index is 351. The number of nitrogens with zero attached hydrogens (tertiary/aromatic N) is 1. The highest BCUT2D eigenvalue weighted by Crippen LogP contribution is 2.24. The lowest BCUT2D eigenvalue weighted by Gasteiger charge is -2.30. The minimum atomic E-state index is -0.00848. The van der Waals surface area contributed by atoms with Gasteiger partial charge < -0.3 is 15.5 Å². The van der Waals surface area contributed by atoms with Gasteiger partial charge in [-0.25, -0.2) is 0 Å². The minimum absolute atomic E-state index is 0.00848. The Morgan fingerprint density at radius 3 is 2.83 bits per heavy atom. The number of carbonyl (C=O) groups is 1. The molecule has 0 saturated heterocycles. The van der Waals surface area contributed by atoms with Crippen molar-refractivity contribution < 1.29 is 9.21 Å². The van der Waals surface area contributed by atoms with E-state index >= 15 is 0 Å². The normalized spacial score (nSPS) is 14.5. The number of amides is 1. The molecule has 0 spiro atoms. The van der Waals surface area contributed by atoms with Gasteiger partial charge >= 0.3 is 0 Å². The van der Waals surface area contributed by atoms with Gasteiger partial charge in [0.05, 0.1) is 12.3 Å². The highest BCUT2D eigenvalue weighted by Gasteiger charge is 2.25. The van der Waals surface area contributed by atoms with Crippen LogP contribution < -0.4 is 11.1 Å². The van der Waals surface area contributed by atoms with Gasteiger partial charge in [0.15, 0.2) is 0 Å². The summed E-state index contributed by atoms with van der Waals surface area (Å²) >= 11 is 0. The van der Waals surface area contributed by atoms with E-state index in [0.29, 0.717) is 13.0 Å². The van der Waals surface area contributed by atoms with E-state index in [1.165, 1.54) is 0 Å². The van der Waals surface area contributed by atoms with Crippen molar-refractivity contribution in [3.8, 4) is 0 Å². The van der Waals surface area contributed by atoms with Crippen molar-refractivity contribution in [2.75, 3.05) is 20.6 Å². The first-order valence-electron chi connectivity index (χ1n) is 6.30. The highest BCUT2D eigenvalue weighted by molar-refractivity contribution is 5.75. The van der Waals surface area contributed by atoms with E-state index in [1.807, 2.05) is 26.1 Å². The second-order valence-corrected chi connectivity index (χ2v) is 4.44. The molecule has 5 nitrogen and oxygen atoms in total. The Morgan fingerprint density at radius 1 is 1.61 bits per heavy atom. The zero-order valence-electron chi connectivity index (χ0n) is 11.3. The first-order chi connectivity index (χ1) is 8.60. The van der Waals surface area contributed by atoms with Gasteiger partial charge in [-0.05, 0) is 25.6 Å². The molecule has 2 atom stereocenters. The van der Waals surface area contributed by atoms with Crippen molar-refractivity contribution in [2.24, 2.45) is 5.73 Å². The van der Waals surface area contributed by atoms with E-state index in [1.54, 1.807) is 13.3 Å². The zero-order chi connectivity index (χ0) is 13.5. The Balaban J connectivity index is 2.68. The van der Waals surface area contributed by atoms with Gasteiger partial charge in [0, 0.05) is 26.1 Å². The van der Waals surface area contributed by atoms with Crippen molar-refractivity contribution in [1.82, 2.24) is 10.2 Å². The van der Waals surface area contributed by atoms with Crippen LogP contribution in [0.4, 0.5) is 0 Å². The molecule has 18 heavy (non-hydrogen) atoms. The fourth-order valence-electron chi connectivity index (χ4n) is 1.98. The number of hydrogen-bond donors (Lipinski definition) is 2. The molecule has 102 valence electrons. The first-order valence-corrected chi connectivity index (χ1v) is 6.30. The van der Waals surface area contributed by atoms with Crippen molar-refractivity contribution >= 4 is 5.91 Å². The molecular weight excluding hydrogens is 230 g/mol. The molecule has 1 aromatic heterocycles. The second-order valence-electron chi connectivity index (χ2n) is 4.44. The fourth-order valence-corrected chi connectivity index (χ4v) is 1.98. The summed E-state index contributed by atoms with van der Waals surface area (Å²) in [5.74, 6) is 0.883. The predicted molar refractivity (Wildman–Crippen MR) is 71.0 cm³/mol. The molecule has 0 aliphatic heterocycles. The predicted octanol–water partition coefficient (Wildman–Crippen LogP) is 1.13. The summed E-state index contributed by atoms with van der Waals surface area (Å²) in [7, 11) is 3.61. The standard InChI is InChI=1S/C13H23N3O2/c1-4-10(14)13(11-6-5-9-18-11)16(3)8-7-12(17)15-2/h5-6,9-10,13H,4,7-8,14H2,1-3H3,(H,15,17). The molecule has 2 unspecified atom stereocenters. The van der Waals surface area contributed by atoms with Gasteiger partial charge in [0.1, 0.15) is 5.76 Å². The van der Waals surface area contributed by atoms with Crippen LogP contribution in [0.1, 0.15) is 31.6 Å². The fraction of sp³-hybridized carbons (Fsp3) is 0.615. The van der Waals surface area contributed by atoms with Gasteiger partial charge in [0.2, 0.25) is 5.91 Å². The van der Waals surface area contributed by atoms with Crippen molar-refractivity contribution in [2.45, 2.75) is 31.8 Å². The second kappa shape index (κ2) is 7.18. The molecule has 1 heterocycles. The summed E-state index contributed by atoms with van der Waals surface area (Å²) < 4.78 is 5.45. The van der Waals surface area contributed by atoms with Gasteiger partial charge in [0.25, 0.3) is 0 Å². The third kappa shape index (κ3) is 3.85. The van der Waals surface area contributed by atoms with Crippen molar-refractivity contribution in [3.63, 3.8) is 0 Å². The van der Waals surface area contributed by atoms with E-state index in [2.05, 4.69) is 10.2 Å². The van der Waals surface area contributed by atoms with Gasteiger partial charge in [-0.3, -0.25) is 9.69 Å². The molecule has 0 aromatic carbocycles. The molecule has 0 saturated carbocycles. The topological polar surface area (TPSA) is 71.5 Å². The van der Waals surface area contributed by atoms with E-state index in [9.17, 15) is 4.79 Å². The molecule has 0 aliphatic carbocycles. The van der Waals surface area contributed by atoms with Crippen LogP contribution in [0.25, 0.3) is 0 Å². The molecule has 5 heteroatoms. The number of furan rings is 1. The molecule has 1 aromatic rings. The Kier molecular flexibility index (Phi) is 5.88. The smallest absolute Gasteiger partial charge is 0.221 e. The van der Waals surface area contributed by atoms with Crippen LogP contribution in [-0.4, -0.2) is 37.5 Å². The lowest BCUT2D eigenvalue weighted by Crippen LogP contribution is -2.40. The Hall–Kier alpha value is -1.33. The van der Waals surface area contributed by atoms with E-state index in [4.69, 9.17) is 10.2 Å². The third-order valence-electron chi connectivity index (χ3n) is 3.16. The van der Waals surface area contributed by atoms with Crippen LogP contribution in [-0.2, 0) is 4.79 Å². The maximum atomic E-state index is 11.3. The largest absolute Gasteiger partial charge is 0.468 e. The molecule has 0 radical (unpaired) electrons. The number of carbonyl (C=O) groups excluding carboxylic acids is 1. The summed E-state index contributed by atoms with van der Waals surface area (Å²) in [6, 6.07) is 3.79. The number of rotatable bonds is 7. The summed E-state index contributed by atoms with van der Waals surface area (Å²) in [4.78, 5) is 13.3. The van der Waals surface area contributed by atoms with Crippen LogP contribution in [0.2, 0.25) is 0 Å². The maximum absolute atomic E-state index is 11.3. The van der Waals surface area contributed by atoms with E-state index in [0.717, 1.165) is 12.2 Å². The molecule has 0 aliphatic rings. The number of nitrogens with two attached hydrogens (primary N) is 1. The molecule has 0 bridgehead atoms. The van der Waals surface area contributed by atoms with Crippen molar-refractivity contribution in [3.05, 3.63) is 24.2 Å². The minimum Gasteiger partial charge on any atom is -0.468 e. The molecule has 1 amide bonds. The zero-order valence-corrected chi connectivity index (χ0v) is 11.3. The van der Waals surface area contributed by atoms with E-state index in [-0.39, 0.29) is 18.0 Å². The third-order valence-corrected chi connectivity index (χ3v) is 3.16. The average molecular weight is 253 g/mol. The number of hydrogen-bond acceptors (Lipinski definition) is 4. The Labute approximate surface area is 108 Å². The average Bonchev–Trinajstić information content (AvgIpc) is 2.89. The quantitative estimate of drug-likeness (QED) is 0.764. The van der Waals surface area contributed by atoms with Gasteiger partial charge in [-0.2, -0.15) is 0 Å². The monoisotopic (exact) mass is 253 g/mol. The molecule has 1 rings (SSSR count).